The molecule has 1 aromatic carbocycles. The fourth-order valence-corrected chi connectivity index (χ4v) is 2.88. The molecule has 0 heterocycles. The molecule has 0 radical (unpaired) electrons. The fraction of sp³-hybridized carbons (Fsp3) is 0.562. The third-order valence-electron chi connectivity index (χ3n) is 3.93. The Balaban J connectivity index is 2.13. The molecule has 3 nitrogen and oxygen atoms in total. The maximum absolute atomic E-state index is 13.1. The molecule has 2 unspecified atom stereocenters. The first-order valence-corrected chi connectivity index (χ1v) is 7.53. The van der Waals surface area contributed by atoms with Crippen molar-refractivity contribution in [1.82, 2.24) is 5.32 Å². The topological polar surface area (TPSA) is 38.3 Å². The molecule has 2 rings (SSSR count). The molecule has 1 aromatic rings. The normalized spacial score (nSPS) is 22.2. The van der Waals surface area contributed by atoms with E-state index in [4.69, 9.17) is 4.74 Å². The molecule has 1 amide bonds. The van der Waals surface area contributed by atoms with Gasteiger partial charge in [0.15, 0.2) is 0 Å². The van der Waals surface area contributed by atoms with Crippen molar-refractivity contribution in [2.45, 2.75) is 44.8 Å². The van der Waals surface area contributed by atoms with E-state index in [9.17, 15) is 18.0 Å². The Morgan fingerprint density at radius 2 is 1.95 bits per heavy atom. The molecule has 0 bridgehead atoms. The number of ether oxygens (including phenoxy) is 1. The first-order chi connectivity index (χ1) is 10.4. The van der Waals surface area contributed by atoms with Gasteiger partial charge in [-0.2, -0.15) is 13.2 Å². The molecule has 0 aromatic heterocycles. The minimum Gasteiger partial charge on any atom is -0.493 e. The lowest BCUT2D eigenvalue weighted by Crippen LogP contribution is -2.47. The van der Waals surface area contributed by atoms with Gasteiger partial charge in [0, 0.05) is 6.04 Å². The van der Waals surface area contributed by atoms with Crippen LogP contribution in [0.2, 0.25) is 0 Å². The van der Waals surface area contributed by atoms with E-state index >= 15 is 0 Å². The highest BCUT2D eigenvalue weighted by Crippen LogP contribution is 2.38. The second-order valence-corrected chi connectivity index (χ2v) is 5.44. The molecule has 0 spiro atoms. The molecule has 122 valence electrons. The number of hydrogen-bond donors (Lipinski definition) is 1. The van der Waals surface area contributed by atoms with Gasteiger partial charge in [0.1, 0.15) is 5.75 Å². The number of carbonyl (C=O) groups excluding carboxylic acids is 1. The lowest BCUT2D eigenvalue weighted by atomic mass is 9.84. The van der Waals surface area contributed by atoms with Crippen molar-refractivity contribution < 1.29 is 22.7 Å². The summed E-state index contributed by atoms with van der Waals surface area (Å²) in [6, 6.07) is 5.73. The molecule has 1 aliphatic carbocycles. The van der Waals surface area contributed by atoms with Gasteiger partial charge in [0.2, 0.25) is 0 Å². The molecular formula is C16H20F3NO2. The van der Waals surface area contributed by atoms with Crippen LogP contribution in [-0.2, 0) is 0 Å². The van der Waals surface area contributed by atoms with E-state index in [-0.39, 0.29) is 12.0 Å². The molecular weight excluding hydrogens is 295 g/mol. The Hall–Kier alpha value is -1.72. The van der Waals surface area contributed by atoms with Crippen molar-refractivity contribution in [3.05, 3.63) is 29.8 Å². The largest absolute Gasteiger partial charge is 0.493 e. The molecule has 1 fully saturated rings. The highest BCUT2D eigenvalue weighted by Gasteiger charge is 2.46. The standard InChI is InChI=1S/C16H20F3NO2/c1-2-22-14-10-6-3-7-11(14)15(21)20-13-9-5-4-8-12(13)16(17,18)19/h3,6-7,10,12-13H,2,4-5,8-9H2,1H3,(H,20,21). The number of carbonyl (C=O) groups is 1. The number of halogens is 3. The lowest BCUT2D eigenvalue weighted by Gasteiger charge is -2.33. The second kappa shape index (κ2) is 7.03. The SMILES string of the molecule is CCOc1ccccc1C(=O)NC1CCCCC1C(F)(F)F. The molecule has 1 saturated carbocycles. The summed E-state index contributed by atoms with van der Waals surface area (Å²) in [5.41, 5.74) is 0.274. The maximum atomic E-state index is 13.1. The van der Waals surface area contributed by atoms with Crippen LogP contribution in [0.25, 0.3) is 0 Å². The Labute approximate surface area is 127 Å². The average Bonchev–Trinajstić information content (AvgIpc) is 2.47. The first-order valence-electron chi connectivity index (χ1n) is 7.53. The van der Waals surface area contributed by atoms with Gasteiger partial charge in [-0.3, -0.25) is 4.79 Å². The molecule has 2 atom stereocenters. The van der Waals surface area contributed by atoms with Crippen LogP contribution in [0.4, 0.5) is 13.2 Å². The summed E-state index contributed by atoms with van der Waals surface area (Å²) in [6.45, 7) is 2.18. The summed E-state index contributed by atoms with van der Waals surface area (Å²) in [7, 11) is 0. The van der Waals surface area contributed by atoms with Crippen molar-refractivity contribution in [2.75, 3.05) is 6.61 Å². The summed E-state index contributed by atoms with van der Waals surface area (Å²) in [5, 5.41) is 2.55. The molecule has 0 aliphatic heterocycles. The van der Waals surface area contributed by atoms with E-state index in [0.29, 0.717) is 31.6 Å². The van der Waals surface area contributed by atoms with E-state index in [1.54, 1.807) is 31.2 Å². The summed E-state index contributed by atoms with van der Waals surface area (Å²) in [5.74, 6) is -1.59. The lowest BCUT2D eigenvalue weighted by molar-refractivity contribution is -0.187. The predicted molar refractivity (Wildman–Crippen MR) is 76.9 cm³/mol. The highest BCUT2D eigenvalue weighted by atomic mass is 19.4. The number of rotatable bonds is 4. The van der Waals surface area contributed by atoms with Crippen LogP contribution in [0.5, 0.6) is 5.75 Å². The Morgan fingerprint density at radius 1 is 1.27 bits per heavy atom. The van der Waals surface area contributed by atoms with Crippen molar-refractivity contribution in [2.24, 2.45) is 5.92 Å². The predicted octanol–water partition coefficient (Wildman–Crippen LogP) is 3.94. The van der Waals surface area contributed by atoms with E-state index in [0.717, 1.165) is 0 Å². The van der Waals surface area contributed by atoms with Crippen molar-refractivity contribution in [3.63, 3.8) is 0 Å². The first kappa shape index (κ1) is 16.6. The van der Waals surface area contributed by atoms with Gasteiger partial charge < -0.3 is 10.1 Å². The zero-order valence-electron chi connectivity index (χ0n) is 12.5. The van der Waals surface area contributed by atoms with E-state index < -0.39 is 24.0 Å². The minimum absolute atomic E-state index is 0.0710. The van der Waals surface area contributed by atoms with E-state index in [1.807, 2.05) is 0 Å². The van der Waals surface area contributed by atoms with Crippen molar-refractivity contribution >= 4 is 5.91 Å². The third-order valence-corrected chi connectivity index (χ3v) is 3.93. The van der Waals surface area contributed by atoms with Crippen LogP contribution in [0.1, 0.15) is 43.0 Å². The van der Waals surface area contributed by atoms with Crippen LogP contribution in [0.15, 0.2) is 24.3 Å². The molecule has 0 saturated heterocycles. The smallest absolute Gasteiger partial charge is 0.393 e. The summed E-state index contributed by atoms with van der Waals surface area (Å²) >= 11 is 0. The van der Waals surface area contributed by atoms with Crippen LogP contribution < -0.4 is 10.1 Å². The molecule has 1 aliphatic rings. The zero-order chi connectivity index (χ0) is 16.2. The third kappa shape index (κ3) is 3.93. The number of amides is 1. The molecule has 22 heavy (non-hydrogen) atoms. The number of para-hydroxylation sites is 1. The van der Waals surface area contributed by atoms with E-state index in [2.05, 4.69) is 5.32 Å². The van der Waals surface area contributed by atoms with E-state index in [1.165, 1.54) is 0 Å². The van der Waals surface area contributed by atoms with Crippen LogP contribution in [-0.4, -0.2) is 24.7 Å². The van der Waals surface area contributed by atoms with Gasteiger partial charge in [0.25, 0.3) is 5.91 Å². The number of nitrogens with one attached hydrogen (secondary N) is 1. The second-order valence-electron chi connectivity index (χ2n) is 5.44. The quantitative estimate of drug-likeness (QED) is 0.914. The van der Waals surface area contributed by atoms with Gasteiger partial charge >= 0.3 is 6.18 Å². The van der Waals surface area contributed by atoms with Gasteiger partial charge in [-0.1, -0.05) is 25.0 Å². The molecule has 1 N–H and O–H groups in total. The summed E-state index contributed by atoms with van der Waals surface area (Å²) < 4.78 is 44.6. The molecule has 6 heteroatoms. The van der Waals surface area contributed by atoms with Crippen LogP contribution >= 0.6 is 0 Å². The van der Waals surface area contributed by atoms with Gasteiger partial charge in [-0.05, 0) is 31.9 Å². The van der Waals surface area contributed by atoms with Crippen LogP contribution in [0, 0.1) is 5.92 Å². The van der Waals surface area contributed by atoms with Crippen molar-refractivity contribution in [1.29, 1.82) is 0 Å². The monoisotopic (exact) mass is 315 g/mol. The fourth-order valence-electron chi connectivity index (χ4n) is 2.88. The summed E-state index contributed by atoms with van der Waals surface area (Å²) in [4.78, 5) is 12.3. The highest BCUT2D eigenvalue weighted by molar-refractivity contribution is 5.97. The summed E-state index contributed by atoms with van der Waals surface area (Å²) in [6.07, 6.45) is -2.61. The van der Waals surface area contributed by atoms with Crippen LogP contribution in [0.3, 0.4) is 0 Å². The number of alkyl halides is 3. The maximum Gasteiger partial charge on any atom is 0.393 e. The van der Waals surface area contributed by atoms with Crippen molar-refractivity contribution in [3.8, 4) is 5.75 Å². The number of benzene rings is 1. The Kier molecular flexibility index (Phi) is 5.32. The Morgan fingerprint density at radius 3 is 2.64 bits per heavy atom. The van der Waals surface area contributed by atoms with Gasteiger partial charge in [-0.15, -0.1) is 0 Å². The average molecular weight is 315 g/mol. The number of hydrogen-bond acceptors (Lipinski definition) is 2. The zero-order valence-corrected chi connectivity index (χ0v) is 12.5. The van der Waals surface area contributed by atoms with Gasteiger partial charge in [-0.25, -0.2) is 0 Å². The van der Waals surface area contributed by atoms with Gasteiger partial charge in [0.05, 0.1) is 18.1 Å². The minimum atomic E-state index is -4.28. The Bertz CT molecular complexity index is 516.